The van der Waals surface area contributed by atoms with Gasteiger partial charge in [0.15, 0.2) is 5.78 Å². The fraction of sp³-hybridized carbons (Fsp3) is 0.667. The average molecular weight is 218 g/mol. The van der Waals surface area contributed by atoms with Crippen molar-refractivity contribution in [3.63, 3.8) is 0 Å². The molecular formula is C15H22O. The van der Waals surface area contributed by atoms with Crippen molar-refractivity contribution in [2.24, 2.45) is 23.2 Å². The number of allylic oxidation sites excluding steroid dienone is 4. The van der Waals surface area contributed by atoms with Gasteiger partial charge in [0.1, 0.15) is 0 Å². The summed E-state index contributed by atoms with van der Waals surface area (Å²) in [6.07, 6.45) is 8.28. The Morgan fingerprint density at radius 3 is 2.75 bits per heavy atom. The Morgan fingerprint density at radius 1 is 1.44 bits per heavy atom. The van der Waals surface area contributed by atoms with E-state index in [4.69, 9.17) is 0 Å². The van der Waals surface area contributed by atoms with E-state index in [0.29, 0.717) is 23.5 Å². The van der Waals surface area contributed by atoms with Crippen molar-refractivity contribution in [1.82, 2.24) is 0 Å². The number of hydrogen-bond acceptors (Lipinski definition) is 1. The lowest BCUT2D eigenvalue weighted by Gasteiger charge is -2.44. The third kappa shape index (κ3) is 1.77. The van der Waals surface area contributed by atoms with Gasteiger partial charge in [0.25, 0.3) is 0 Å². The third-order valence-corrected chi connectivity index (χ3v) is 4.61. The predicted molar refractivity (Wildman–Crippen MR) is 67.1 cm³/mol. The Labute approximate surface area is 98.6 Å². The average Bonchev–Trinajstić information content (AvgIpc) is 2.19. The third-order valence-electron chi connectivity index (χ3n) is 4.61. The first kappa shape index (κ1) is 11.6. The maximum absolute atomic E-state index is 11.6. The van der Waals surface area contributed by atoms with Gasteiger partial charge < -0.3 is 0 Å². The van der Waals surface area contributed by atoms with Crippen molar-refractivity contribution in [3.8, 4) is 0 Å². The van der Waals surface area contributed by atoms with Crippen LogP contribution < -0.4 is 0 Å². The molecule has 0 fully saturated rings. The molecule has 2 aliphatic carbocycles. The zero-order chi connectivity index (χ0) is 11.9. The van der Waals surface area contributed by atoms with Gasteiger partial charge in [0, 0.05) is 6.42 Å². The monoisotopic (exact) mass is 218 g/mol. The van der Waals surface area contributed by atoms with E-state index in [1.165, 1.54) is 12.0 Å². The molecule has 3 atom stereocenters. The van der Waals surface area contributed by atoms with Gasteiger partial charge in [-0.15, -0.1) is 0 Å². The first-order valence-corrected chi connectivity index (χ1v) is 6.36. The second-order valence-corrected chi connectivity index (χ2v) is 6.06. The van der Waals surface area contributed by atoms with Crippen LogP contribution in [0.25, 0.3) is 0 Å². The Bertz CT molecular complexity index is 362. The van der Waals surface area contributed by atoms with Crippen LogP contribution in [0.1, 0.15) is 40.5 Å². The lowest BCUT2D eigenvalue weighted by atomic mass is 9.59. The van der Waals surface area contributed by atoms with Gasteiger partial charge in [-0.2, -0.15) is 0 Å². The molecule has 0 heterocycles. The minimum atomic E-state index is 0.220. The topological polar surface area (TPSA) is 17.1 Å². The smallest absolute Gasteiger partial charge is 0.156 e. The summed E-state index contributed by atoms with van der Waals surface area (Å²) in [7, 11) is 0. The number of hydrogen-bond donors (Lipinski definition) is 0. The molecule has 88 valence electrons. The first-order valence-electron chi connectivity index (χ1n) is 6.36. The molecule has 2 aliphatic rings. The molecule has 0 saturated carbocycles. The van der Waals surface area contributed by atoms with Crippen molar-refractivity contribution in [1.29, 1.82) is 0 Å². The quantitative estimate of drug-likeness (QED) is 0.655. The molecule has 0 spiro atoms. The number of carbonyl (C=O) groups is 1. The minimum absolute atomic E-state index is 0.220. The molecule has 1 nitrogen and oxygen atoms in total. The van der Waals surface area contributed by atoms with E-state index in [-0.39, 0.29) is 5.41 Å². The maximum Gasteiger partial charge on any atom is 0.156 e. The van der Waals surface area contributed by atoms with Gasteiger partial charge in [-0.25, -0.2) is 0 Å². The van der Waals surface area contributed by atoms with Gasteiger partial charge in [-0.05, 0) is 41.2 Å². The summed E-state index contributed by atoms with van der Waals surface area (Å²) in [6.45, 7) is 9.12. The highest BCUT2D eigenvalue weighted by Gasteiger charge is 2.41. The van der Waals surface area contributed by atoms with E-state index in [2.05, 4.69) is 39.8 Å². The van der Waals surface area contributed by atoms with E-state index < -0.39 is 0 Å². The minimum Gasteiger partial charge on any atom is -0.295 e. The van der Waals surface area contributed by atoms with Crippen LogP contribution in [-0.4, -0.2) is 5.78 Å². The molecular weight excluding hydrogens is 196 g/mol. The summed E-state index contributed by atoms with van der Waals surface area (Å²) < 4.78 is 0. The highest BCUT2D eigenvalue weighted by atomic mass is 16.1. The summed E-state index contributed by atoms with van der Waals surface area (Å²) in [5.41, 5.74) is 1.48. The number of carbonyl (C=O) groups excluding carboxylic acids is 1. The van der Waals surface area contributed by atoms with Crippen LogP contribution in [0.2, 0.25) is 0 Å². The van der Waals surface area contributed by atoms with Crippen LogP contribution in [0.4, 0.5) is 0 Å². The zero-order valence-corrected chi connectivity index (χ0v) is 10.8. The molecule has 0 bridgehead atoms. The highest BCUT2D eigenvalue weighted by molar-refractivity contribution is 5.92. The SMILES string of the molecule is CC(C)[C@@H]1C=CC2=CC(=O)C[C@@H](C)[C@]2(C)C1. The standard InChI is InChI=1S/C15H22O/c1-10(2)12-5-6-13-8-14(16)7-11(3)15(13,4)9-12/h5-6,8,10-12H,7,9H2,1-4H3/t11-,12-,15+/m1/s1. The van der Waals surface area contributed by atoms with Crippen LogP contribution in [0.5, 0.6) is 0 Å². The number of rotatable bonds is 1. The fourth-order valence-corrected chi connectivity index (χ4v) is 3.01. The van der Waals surface area contributed by atoms with Gasteiger partial charge in [0.05, 0.1) is 0 Å². The summed E-state index contributed by atoms with van der Waals surface area (Å²) in [4.78, 5) is 11.6. The lowest BCUT2D eigenvalue weighted by molar-refractivity contribution is -0.117. The Balaban J connectivity index is 2.37. The molecule has 0 aromatic heterocycles. The molecule has 2 rings (SSSR count). The van der Waals surface area contributed by atoms with Crippen molar-refractivity contribution >= 4 is 5.78 Å². The van der Waals surface area contributed by atoms with Gasteiger partial charge in [-0.3, -0.25) is 4.79 Å². The summed E-state index contributed by atoms with van der Waals surface area (Å²) in [5, 5.41) is 0. The lowest BCUT2D eigenvalue weighted by Crippen LogP contribution is -2.37. The summed E-state index contributed by atoms with van der Waals surface area (Å²) >= 11 is 0. The van der Waals surface area contributed by atoms with Crippen LogP contribution in [0, 0.1) is 23.2 Å². The maximum atomic E-state index is 11.6. The fourth-order valence-electron chi connectivity index (χ4n) is 3.01. The summed E-state index contributed by atoms with van der Waals surface area (Å²) in [6, 6.07) is 0. The van der Waals surface area contributed by atoms with E-state index in [1.807, 2.05) is 6.08 Å². The summed E-state index contributed by atoms with van der Waals surface area (Å²) in [5.74, 6) is 2.14. The van der Waals surface area contributed by atoms with Crippen LogP contribution in [-0.2, 0) is 4.79 Å². The number of fused-ring (bicyclic) bond motifs is 1. The Morgan fingerprint density at radius 2 is 2.12 bits per heavy atom. The molecule has 0 aromatic carbocycles. The van der Waals surface area contributed by atoms with Gasteiger partial charge in [-0.1, -0.05) is 39.8 Å². The van der Waals surface area contributed by atoms with E-state index in [0.717, 1.165) is 6.42 Å². The van der Waals surface area contributed by atoms with Gasteiger partial charge in [0.2, 0.25) is 0 Å². The largest absolute Gasteiger partial charge is 0.295 e. The molecule has 16 heavy (non-hydrogen) atoms. The predicted octanol–water partition coefficient (Wildman–Crippen LogP) is 3.76. The van der Waals surface area contributed by atoms with Crippen molar-refractivity contribution in [2.75, 3.05) is 0 Å². The first-order chi connectivity index (χ1) is 7.43. The molecule has 0 amide bonds. The molecule has 0 unspecified atom stereocenters. The van der Waals surface area contributed by atoms with E-state index in [1.54, 1.807) is 0 Å². The van der Waals surface area contributed by atoms with Gasteiger partial charge >= 0.3 is 0 Å². The molecule has 1 heteroatoms. The number of ketones is 1. The molecule has 0 N–H and O–H groups in total. The van der Waals surface area contributed by atoms with E-state index in [9.17, 15) is 4.79 Å². The Hall–Kier alpha value is -0.850. The zero-order valence-electron chi connectivity index (χ0n) is 10.8. The molecule has 0 aromatic rings. The van der Waals surface area contributed by atoms with Crippen molar-refractivity contribution < 1.29 is 4.79 Å². The molecule has 0 radical (unpaired) electrons. The normalized spacial score (nSPS) is 38.6. The van der Waals surface area contributed by atoms with Crippen molar-refractivity contribution in [2.45, 2.75) is 40.5 Å². The molecule has 0 aliphatic heterocycles. The van der Waals surface area contributed by atoms with Crippen LogP contribution in [0.15, 0.2) is 23.8 Å². The second kappa shape index (κ2) is 3.87. The highest BCUT2D eigenvalue weighted by Crippen LogP contribution is 2.50. The Kier molecular flexibility index (Phi) is 2.81. The molecule has 0 saturated heterocycles. The van der Waals surface area contributed by atoms with E-state index >= 15 is 0 Å². The second-order valence-electron chi connectivity index (χ2n) is 6.06. The van der Waals surface area contributed by atoms with Crippen molar-refractivity contribution in [3.05, 3.63) is 23.8 Å². The van der Waals surface area contributed by atoms with Crippen LogP contribution in [0.3, 0.4) is 0 Å². The van der Waals surface area contributed by atoms with Crippen LogP contribution >= 0.6 is 0 Å².